The second-order valence-electron chi connectivity index (χ2n) is 6.87. The zero-order valence-corrected chi connectivity index (χ0v) is 15.9. The number of likely N-dealkylation sites (N-methyl/N-ethyl adjacent to an activating group) is 1. The van der Waals surface area contributed by atoms with Gasteiger partial charge in [-0.3, -0.25) is 4.79 Å². The van der Waals surface area contributed by atoms with E-state index < -0.39 is 0 Å². The number of rotatable bonds is 4. The number of para-hydroxylation sites is 1. The minimum absolute atomic E-state index is 0.0744. The van der Waals surface area contributed by atoms with Crippen molar-refractivity contribution < 1.29 is 9.18 Å². The number of aromatic nitrogens is 2. The third-order valence-electron chi connectivity index (χ3n) is 5.19. The summed E-state index contributed by atoms with van der Waals surface area (Å²) >= 11 is 0. The zero-order chi connectivity index (χ0) is 19.5. The van der Waals surface area contributed by atoms with Gasteiger partial charge in [-0.25, -0.2) is 9.07 Å². The summed E-state index contributed by atoms with van der Waals surface area (Å²) < 4.78 is 15.9. The Morgan fingerprint density at radius 2 is 1.68 bits per heavy atom. The van der Waals surface area contributed by atoms with Crippen molar-refractivity contribution >= 4 is 5.91 Å². The maximum absolute atomic E-state index is 14.3. The molecule has 0 atom stereocenters. The summed E-state index contributed by atoms with van der Waals surface area (Å²) in [7, 11) is 0. The topological polar surface area (TPSA) is 41.4 Å². The normalized spacial score (nSPS) is 15.0. The third kappa shape index (κ3) is 3.55. The fourth-order valence-corrected chi connectivity index (χ4v) is 3.53. The monoisotopic (exact) mass is 378 g/mol. The molecule has 1 aromatic heterocycles. The molecule has 4 rings (SSSR count). The fraction of sp³-hybridized carbons (Fsp3) is 0.273. The first-order chi connectivity index (χ1) is 13.7. The van der Waals surface area contributed by atoms with Gasteiger partial charge in [-0.15, -0.1) is 0 Å². The smallest absolute Gasteiger partial charge is 0.272 e. The molecule has 0 spiro atoms. The molecule has 1 saturated heterocycles. The second kappa shape index (κ2) is 7.94. The number of hydrogen-bond acceptors (Lipinski definition) is 3. The van der Waals surface area contributed by atoms with Crippen molar-refractivity contribution in [1.82, 2.24) is 19.6 Å². The molecule has 5 nitrogen and oxygen atoms in total. The van der Waals surface area contributed by atoms with Crippen molar-refractivity contribution in [3.8, 4) is 16.9 Å². The largest absolute Gasteiger partial charge is 0.335 e. The Morgan fingerprint density at radius 3 is 2.36 bits per heavy atom. The molecule has 2 aromatic carbocycles. The van der Waals surface area contributed by atoms with Gasteiger partial charge in [-0.2, -0.15) is 5.10 Å². The summed E-state index contributed by atoms with van der Waals surface area (Å²) in [6.07, 6.45) is 0. The molecule has 0 bridgehead atoms. The molecule has 0 saturated carbocycles. The molecular formula is C22H23FN4O. The lowest BCUT2D eigenvalue weighted by Crippen LogP contribution is -2.48. The Morgan fingerprint density at radius 1 is 1.00 bits per heavy atom. The quantitative estimate of drug-likeness (QED) is 0.698. The third-order valence-corrected chi connectivity index (χ3v) is 5.19. The molecule has 0 N–H and O–H groups in total. The van der Waals surface area contributed by atoms with Gasteiger partial charge in [0, 0.05) is 31.7 Å². The highest BCUT2D eigenvalue weighted by Crippen LogP contribution is 2.25. The maximum atomic E-state index is 14.3. The summed E-state index contributed by atoms with van der Waals surface area (Å²) in [5, 5.41) is 4.58. The molecule has 0 aliphatic carbocycles. The van der Waals surface area contributed by atoms with Gasteiger partial charge >= 0.3 is 0 Å². The number of carbonyl (C=O) groups is 1. The van der Waals surface area contributed by atoms with Crippen LogP contribution < -0.4 is 0 Å². The average molecular weight is 378 g/mol. The highest BCUT2D eigenvalue weighted by Gasteiger charge is 2.26. The zero-order valence-electron chi connectivity index (χ0n) is 15.9. The molecule has 3 aromatic rings. The van der Waals surface area contributed by atoms with E-state index in [-0.39, 0.29) is 11.7 Å². The van der Waals surface area contributed by atoms with Crippen LogP contribution in [0.25, 0.3) is 16.9 Å². The van der Waals surface area contributed by atoms with E-state index in [1.807, 2.05) is 35.2 Å². The van der Waals surface area contributed by atoms with E-state index in [0.717, 1.165) is 25.3 Å². The first-order valence-corrected chi connectivity index (χ1v) is 9.59. The van der Waals surface area contributed by atoms with Crippen LogP contribution in [0.2, 0.25) is 0 Å². The summed E-state index contributed by atoms with van der Waals surface area (Å²) in [6.45, 7) is 6.21. The van der Waals surface area contributed by atoms with Crippen molar-refractivity contribution in [2.24, 2.45) is 0 Å². The Hall–Kier alpha value is -2.99. The van der Waals surface area contributed by atoms with Gasteiger partial charge in [0.05, 0.1) is 11.4 Å². The maximum Gasteiger partial charge on any atom is 0.272 e. The average Bonchev–Trinajstić information content (AvgIpc) is 3.19. The summed E-state index contributed by atoms with van der Waals surface area (Å²) in [5.41, 5.74) is 2.08. The molecule has 2 heterocycles. The van der Waals surface area contributed by atoms with Crippen LogP contribution in [0.4, 0.5) is 4.39 Å². The Labute approximate surface area is 164 Å². The Balaban J connectivity index is 1.73. The highest BCUT2D eigenvalue weighted by atomic mass is 19.1. The second-order valence-corrected chi connectivity index (χ2v) is 6.87. The molecule has 0 unspecified atom stereocenters. The number of amides is 1. The fourth-order valence-electron chi connectivity index (χ4n) is 3.53. The van der Waals surface area contributed by atoms with E-state index in [1.165, 1.54) is 6.07 Å². The van der Waals surface area contributed by atoms with Gasteiger partial charge in [0.25, 0.3) is 5.91 Å². The number of hydrogen-bond donors (Lipinski definition) is 0. The molecule has 1 amide bonds. The van der Waals surface area contributed by atoms with Crippen molar-refractivity contribution in [3.63, 3.8) is 0 Å². The van der Waals surface area contributed by atoms with E-state index >= 15 is 0 Å². The van der Waals surface area contributed by atoms with Crippen LogP contribution in [-0.4, -0.2) is 58.2 Å². The first kappa shape index (κ1) is 18.4. The van der Waals surface area contributed by atoms with Crippen molar-refractivity contribution in [3.05, 3.63) is 72.2 Å². The van der Waals surface area contributed by atoms with Gasteiger partial charge in [0.15, 0.2) is 0 Å². The molecular weight excluding hydrogens is 355 g/mol. The summed E-state index contributed by atoms with van der Waals surface area (Å²) in [5.74, 6) is -0.425. The van der Waals surface area contributed by atoms with E-state index in [2.05, 4.69) is 16.9 Å². The number of carbonyl (C=O) groups excluding carboxylic acids is 1. The molecule has 144 valence electrons. The summed E-state index contributed by atoms with van der Waals surface area (Å²) in [4.78, 5) is 17.4. The molecule has 6 heteroatoms. The minimum Gasteiger partial charge on any atom is -0.335 e. The number of nitrogens with zero attached hydrogens (tertiary/aromatic N) is 4. The van der Waals surface area contributed by atoms with Crippen LogP contribution in [0.1, 0.15) is 17.4 Å². The standard InChI is InChI=1S/C22H23FN4O/c1-2-25-12-14-26(15-13-25)22(28)21-16-20(18-10-6-7-11-19(18)23)24-27(21)17-8-4-3-5-9-17/h3-11,16H,2,12-15H2,1H3. The lowest BCUT2D eigenvalue weighted by atomic mass is 10.1. The number of halogens is 1. The van der Waals surface area contributed by atoms with Crippen LogP contribution in [0, 0.1) is 5.82 Å². The van der Waals surface area contributed by atoms with E-state index in [9.17, 15) is 9.18 Å². The van der Waals surface area contributed by atoms with Crippen molar-refractivity contribution in [1.29, 1.82) is 0 Å². The Kier molecular flexibility index (Phi) is 5.21. The number of benzene rings is 2. The lowest BCUT2D eigenvalue weighted by molar-refractivity contribution is 0.0634. The van der Waals surface area contributed by atoms with Gasteiger partial charge in [-0.1, -0.05) is 37.3 Å². The predicted octanol–water partition coefficient (Wildman–Crippen LogP) is 3.46. The Bertz CT molecular complexity index is 962. The molecule has 28 heavy (non-hydrogen) atoms. The van der Waals surface area contributed by atoms with E-state index in [1.54, 1.807) is 28.9 Å². The van der Waals surface area contributed by atoms with E-state index in [0.29, 0.717) is 30.0 Å². The van der Waals surface area contributed by atoms with Crippen LogP contribution in [0.3, 0.4) is 0 Å². The van der Waals surface area contributed by atoms with Crippen LogP contribution in [0.5, 0.6) is 0 Å². The SMILES string of the molecule is CCN1CCN(C(=O)c2cc(-c3ccccc3F)nn2-c2ccccc2)CC1. The minimum atomic E-state index is -0.351. The van der Waals surface area contributed by atoms with Gasteiger partial charge in [-0.05, 0) is 36.9 Å². The molecule has 0 radical (unpaired) electrons. The molecule has 1 fully saturated rings. The van der Waals surface area contributed by atoms with Gasteiger partial charge in [0.2, 0.25) is 0 Å². The van der Waals surface area contributed by atoms with E-state index in [4.69, 9.17) is 0 Å². The van der Waals surface area contributed by atoms with Crippen molar-refractivity contribution in [2.45, 2.75) is 6.92 Å². The lowest BCUT2D eigenvalue weighted by Gasteiger charge is -2.34. The van der Waals surface area contributed by atoms with Gasteiger partial charge < -0.3 is 9.80 Å². The van der Waals surface area contributed by atoms with Crippen LogP contribution >= 0.6 is 0 Å². The van der Waals surface area contributed by atoms with Gasteiger partial charge in [0.1, 0.15) is 11.5 Å². The molecule has 1 aliphatic heterocycles. The van der Waals surface area contributed by atoms with Crippen LogP contribution in [0.15, 0.2) is 60.7 Å². The predicted molar refractivity (Wildman–Crippen MR) is 107 cm³/mol. The molecule has 1 aliphatic rings. The van der Waals surface area contributed by atoms with Crippen LogP contribution in [-0.2, 0) is 0 Å². The number of piperazine rings is 1. The first-order valence-electron chi connectivity index (χ1n) is 9.59. The van der Waals surface area contributed by atoms with Crippen molar-refractivity contribution in [2.75, 3.05) is 32.7 Å². The highest BCUT2D eigenvalue weighted by molar-refractivity contribution is 5.94. The summed E-state index contributed by atoms with van der Waals surface area (Å²) in [6, 6.07) is 17.7.